The quantitative estimate of drug-likeness (QED) is 0.600. The molecular formula is C22H24F2. The van der Waals surface area contributed by atoms with Gasteiger partial charge in [0.2, 0.25) is 0 Å². The zero-order chi connectivity index (χ0) is 17.1. The van der Waals surface area contributed by atoms with Crippen LogP contribution < -0.4 is 0 Å². The molecule has 126 valence electrons. The first-order chi connectivity index (χ1) is 11.6. The highest BCUT2D eigenvalue weighted by Gasteiger charge is 2.19. The Morgan fingerprint density at radius 2 is 1.83 bits per heavy atom. The van der Waals surface area contributed by atoms with Crippen molar-refractivity contribution in [2.45, 2.75) is 52.4 Å². The standard InChI is InChI=1S/C22H24F2/c1-3-5-6-15-7-11-19(21(23)13-15)17-10-12-20-18(14-17)9-8-16(4-2)22(20)24/h7-9,11,13-14H,3-6,10,12H2,1-2H3. The van der Waals surface area contributed by atoms with E-state index < -0.39 is 0 Å². The lowest BCUT2D eigenvalue weighted by molar-refractivity contribution is 0.593. The Hall–Kier alpha value is -1.96. The highest BCUT2D eigenvalue weighted by molar-refractivity contribution is 5.84. The lowest BCUT2D eigenvalue weighted by Crippen LogP contribution is -2.05. The highest BCUT2D eigenvalue weighted by atomic mass is 19.1. The van der Waals surface area contributed by atoms with Gasteiger partial charge in [-0.25, -0.2) is 8.78 Å². The average Bonchev–Trinajstić information content (AvgIpc) is 2.60. The van der Waals surface area contributed by atoms with Crippen LogP contribution in [0.25, 0.3) is 11.6 Å². The molecule has 2 aromatic rings. The van der Waals surface area contributed by atoms with E-state index >= 15 is 0 Å². The number of rotatable bonds is 5. The summed E-state index contributed by atoms with van der Waals surface area (Å²) in [6.45, 7) is 4.10. The van der Waals surface area contributed by atoms with Crippen LogP contribution >= 0.6 is 0 Å². The minimum atomic E-state index is -0.163. The molecule has 0 saturated heterocycles. The first-order valence-corrected chi connectivity index (χ1v) is 8.93. The number of benzene rings is 2. The third kappa shape index (κ3) is 3.28. The van der Waals surface area contributed by atoms with Gasteiger partial charge in [0.25, 0.3) is 0 Å². The Morgan fingerprint density at radius 3 is 2.54 bits per heavy atom. The molecule has 0 unspecified atom stereocenters. The van der Waals surface area contributed by atoms with E-state index in [4.69, 9.17) is 0 Å². The van der Waals surface area contributed by atoms with Crippen molar-refractivity contribution in [1.82, 2.24) is 0 Å². The molecule has 0 atom stereocenters. The van der Waals surface area contributed by atoms with E-state index in [-0.39, 0.29) is 11.6 Å². The van der Waals surface area contributed by atoms with Crippen molar-refractivity contribution in [3.05, 3.63) is 69.8 Å². The Labute approximate surface area is 143 Å². The first kappa shape index (κ1) is 16.9. The summed E-state index contributed by atoms with van der Waals surface area (Å²) in [4.78, 5) is 0. The number of unbranched alkanes of at least 4 members (excludes halogenated alkanes) is 1. The van der Waals surface area contributed by atoms with E-state index in [1.807, 2.05) is 37.3 Å². The van der Waals surface area contributed by atoms with Gasteiger partial charge in [0.05, 0.1) is 0 Å². The zero-order valence-electron chi connectivity index (χ0n) is 14.5. The molecule has 0 radical (unpaired) electrons. The van der Waals surface area contributed by atoms with Crippen molar-refractivity contribution >= 4 is 11.6 Å². The SMILES string of the molecule is CCCCc1ccc(C2=Cc3ccc(CC)c(F)c3CC2)c(F)c1. The number of hydrogen-bond donors (Lipinski definition) is 0. The van der Waals surface area contributed by atoms with Gasteiger partial charge in [-0.15, -0.1) is 0 Å². The molecular weight excluding hydrogens is 302 g/mol. The second-order valence-electron chi connectivity index (χ2n) is 6.55. The van der Waals surface area contributed by atoms with Crippen LogP contribution in [0.1, 0.15) is 60.9 Å². The van der Waals surface area contributed by atoms with Gasteiger partial charge in [-0.2, -0.15) is 0 Å². The second-order valence-corrected chi connectivity index (χ2v) is 6.55. The van der Waals surface area contributed by atoms with Gasteiger partial charge in [0.15, 0.2) is 0 Å². The molecule has 2 heteroatoms. The molecule has 0 nitrogen and oxygen atoms in total. The third-order valence-electron chi connectivity index (χ3n) is 4.91. The average molecular weight is 326 g/mol. The monoisotopic (exact) mass is 326 g/mol. The molecule has 0 bridgehead atoms. The van der Waals surface area contributed by atoms with E-state index in [9.17, 15) is 8.78 Å². The van der Waals surface area contributed by atoms with Gasteiger partial charge in [0, 0.05) is 5.56 Å². The predicted molar refractivity (Wildman–Crippen MR) is 97.0 cm³/mol. The summed E-state index contributed by atoms with van der Waals surface area (Å²) in [6.07, 6.45) is 7.07. The van der Waals surface area contributed by atoms with E-state index in [2.05, 4.69) is 6.92 Å². The molecule has 0 fully saturated rings. The summed E-state index contributed by atoms with van der Waals surface area (Å²) in [5.41, 5.74) is 5.09. The Bertz CT molecular complexity index is 772. The van der Waals surface area contributed by atoms with Crippen LogP contribution in [0, 0.1) is 11.6 Å². The highest BCUT2D eigenvalue weighted by Crippen LogP contribution is 2.34. The Kier molecular flexibility index (Phi) is 5.13. The maximum atomic E-state index is 14.5. The molecule has 0 amide bonds. The molecule has 0 saturated carbocycles. The number of allylic oxidation sites excluding steroid dienone is 1. The lowest BCUT2D eigenvalue weighted by atomic mass is 9.86. The summed E-state index contributed by atoms with van der Waals surface area (Å²) >= 11 is 0. The minimum Gasteiger partial charge on any atom is -0.206 e. The Balaban J connectivity index is 1.92. The van der Waals surface area contributed by atoms with Crippen LogP contribution in [0.15, 0.2) is 30.3 Å². The van der Waals surface area contributed by atoms with E-state index in [1.54, 1.807) is 6.07 Å². The normalized spacial score (nSPS) is 13.6. The smallest absolute Gasteiger partial charge is 0.130 e. The van der Waals surface area contributed by atoms with Gasteiger partial charge >= 0.3 is 0 Å². The fraction of sp³-hybridized carbons (Fsp3) is 0.364. The number of fused-ring (bicyclic) bond motifs is 1. The molecule has 0 heterocycles. The van der Waals surface area contributed by atoms with Crippen molar-refractivity contribution in [2.75, 3.05) is 0 Å². The van der Waals surface area contributed by atoms with Gasteiger partial charge in [-0.1, -0.05) is 50.6 Å². The summed E-state index contributed by atoms with van der Waals surface area (Å²) in [5.74, 6) is -0.246. The summed E-state index contributed by atoms with van der Waals surface area (Å²) in [5, 5.41) is 0. The molecule has 0 aromatic heterocycles. The zero-order valence-corrected chi connectivity index (χ0v) is 14.5. The third-order valence-corrected chi connectivity index (χ3v) is 4.91. The second kappa shape index (κ2) is 7.29. The van der Waals surface area contributed by atoms with Crippen LogP contribution in [0.5, 0.6) is 0 Å². The van der Waals surface area contributed by atoms with Crippen molar-refractivity contribution in [3.8, 4) is 0 Å². The van der Waals surface area contributed by atoms with E-state index in [0.29, 0.717) is 24.8 Å². The first-order valence-electron chi connectivity index (χ1n) is 8.93. The molecule has 1 aliphatic rings. The molecule has 2 aromatic carbocycles. The van der Waals surface area contributed by atoms with Gasteiger partial charge in [-0.3, -0.25) is 0 Å². The van der Waals surface area contributed by atoms with Crippen molar-refractivity contribution in [2.24, 2.45) is 0 Å². The molecule has 24 heavy (non-hydrogen) atoms. The van der Waals surface area contributed by atoms with E-state index in [0.717, 1.165) is 47.1 Å². The molecule has 0 N–H and O–H groups in total. The lowest BCUT2D eigenvalue weighted by Gasteiger charge is -2.19. The van der Waals surface area contributed by atoms with E-state index in [1.165, 1.54) is 0 Å². The number of aryl methyl sites for hydroxylation is 2. The van der Waals surface area contributed by atoms with Crippen LogP contribution in [0.3, 0.4) is 0 Å². The van der Waals surface area contributed by atoms with Crippen LogP contribution in [-0.2, 0) is 19.3 Å². The minimum absolute atomic E-state index is 0.0827. The predicted octanol–water partition coefficient (Wildman–Crippen LogP) is 6.36. The maximum Gasteiger partial charge on any atom is 0.130 e. The molecule has 1 aliphatic carbocycles. The van der Waals surface area contributed by atoms with Crippen molar-refractivity contribution in [3.63, 3.8) is 0 Å². The van der Waals surface area contributed by atoms with Crippen molar-refractivity contribution < 1.29 is 8.78 Å². The van der Waals surface area contributed by atoms with Gasteiger partial charge in [-0.05, 0) is 66.0 Å². The molecule has 3 rings (SSSR count). The van der Waals surface area contributed by atoms with Crippen LogP contribution in [0.2, 0.25) is 0 Å². The fourth-order valence-corrected chi connectivity index (χ4v) is 3.43. The maximum absolute atomic E-state index is 14.5. The largest absolute Gasteiger partial charge is 0.206 e. The molecule has 0 spiro atoms. The number of hydrogen-bond acceptors (Lipinski definition) is 0. The van der Waals surface area contributed by atoms with Gasteiger partial charge in [0.1, 0.15) is 11.6 Å². The molecule has 0 aliphatic heterocycles. The summed E-state index contributed by atoms with van der Waals surface area (Å²) < 4.78 is 29.0. The number of halogens is 2. The van der Waals surface area contributed by atoms with Crippen LogP contribution in [0.4, 0.5) is 8.78 Å². The topological polar surface area (TPSA) is 0 Å². The summed E-state index contributed by atoms with van der Waals surface area (Å²) in [6, 6.07) is 9.36. The Morgan fingerprint density at radius 1 is 1.00 bits per heavy atom. The van der Waals surface area contributed by atoms with Gasteiger partial charge < -0.3 is 0 Å². The summed E-state index contributed by atoms with van der Waals surface area (Å²) in [7, 11) is 0. The van der Waals surface area contributed by atoms with Crippen molar-refractivity contribution in [1.29, 1.82) is 0 Å². The van der Waals surface area contributed by atoms with Crippen LogP contribution in [-0.4, -0.2) is 0 Å². The fourth-order valence-electron chi connectivity index (χ4n) is 3.43.